The summed E-state index contributed by atoms with van der Waals surface area (Å²) >= 11 is 0. The first-order valence-electron chi connectivity index (χ1n) is 5.72. The first-order valence-corrected chi connectivity index (χ1v) is 5.72. The van der Waals surface area contributed by atoms with Crippen LogP contribution in [0, 0.1) is 30.5 Å². The van der Waals surface area contributed by atoms with Gasteiger partial charge in [-0.2, -0.15) is 0 Å². The summed E-state index contributed by atoms with van der Waals surface area (Å²) < 4.78 is 24.2. The number of rotatable bonds is 1. The first-order chi connectivity index (χ1) is 7.74. The lowest BCUT2D eigenvalue weighted by molar-refractivity contribution is 0.413. The van der Waals surface area contributed by atoms with Gasteiger partial charge in [-0.15, -0.1) is 0 Å². The van der Waals surface area contributed by atoms with E-state index in [1.54, 1.807) is 19.1 Å². The predicted octanol–water partition coefficient (Wildman–Crippen LogP) is 2.56. The molecule has 16 heavy (non-hydrogen) atoms. The topological polar surface area (TPSA) is 12.0 Å². The van der Waals surface area contributed by atoms with Crippen LogP contribution in [0.5, 0.6) is 0 Å². The van der Waals surface area contributed by atoms with E-state index in [0.29, 0.717) is 23.3 Å². The van der Waals surface area contributed by atoms with Crippen LogP contribution in [0.25, 0.3) is 0 Å². The number of benzene rings is 1. The summed E-state index contributed by atoms with van der Waals surface area (Å²) in [5.74, 6) is 1.73. The third kappa shape index (κ3) is 2.40. The highest BCUT2D eigenvalue weighted by atomic mass is 19.1. The van der Waals surface area contributed by atoms with E-state index < -0.39 is 0 Å². The zero-order valence-corrected chi connectivity index (χ0v) is 9.42. The van der Waals surface area contributed by atoms with Gasteiger partial charge in [0, 0.05) is 0 Å². The second-order valence-corrected chi connectivity index (χ2v) is 4.55. The molecule has 2 fully saturated rings. The third-order valence-electron chi connectivity index (χ3n) is 3.52. The van der Waals surface area contributed by atoms with Crippen molar-refractivity contribution in [1.29, 1.82) is 0 Å². The minimum absolute atomic E-state index is 0.0863. The summed E-state index contributed by atoms with van der Waals surface area (Å²) in [6, 6.07) is 6.70. The maximum absolute atomic E-state index is 12.3. The van der Waals surface area contributed by atoms with E-state index in [9.17, 15) is 8.78 Å². The van der Waals surface area contributed by atoms with E-state index in [2.05, 4.69) is 5.32 Å². The van der Waals surface area contributed by atoms with Crippen LogP contribution in [0.1, 0.15) is 5.56 Å². The highest BCUT2D eigenvalue weighted by molar-refractivity contribution is 5.14. The van der Waals surface area contributed by atoms with Gasteiger partial charge in [-0.25, -0.2) is 4.39 Å². The monoisotopic (exact) mass is 225 g/mol. The number of piperidine rings is 1. The number of alkyl halides is 1. The molecule has 1 aliphatic carbocycles. The number of hydrogen-bond acceptors (Lipinski definition) is 1. The van der Waals surface area contributed by atoms with Crippen LogP contribution in [0.2, 0.25) is 0 Å². The van der Waals surface area contributed by atoms with Crippen LogP contribution >= 0.6 is 0 Å². The SMILES string of the molecule is Cc1ccccc1F.FCC1C2CNCC12. The number of hydrogen-bond donors (Lipinski definition) is 1. The molecule has 88 valence electrons. The average Bonchev–Trinajstić information content (AvgIpc) is 2.74. The molecule has 2 atom stereocenters. The van der Waals surface area contributed by atoms with E-state index in [1.807, 2.05) is 6.07 Å². The van der Waals surface area contributed by atoms with Crippen LogP contribution < -0.4 is 5.32 Å². The molecule has 1 saturated carbocycles. The van der Waals surface area contributed by atoms with Gasteiger partial charge in [0.2, 0.25) is 0 Å². The largest absolute Gasteiger partial charge is 0.316 e. The fourth-order valence-corrected chi connectivity index (χ4v) is 2.33. The summed E-state index contributed by atoms with van der Waals surface area (Å²) in [7, 11) is 0. The molecule has 0 amide bonds. The second-order valence-electron chi connectivity index (χ2n) is 4.55. The molecule has 2 unspecified atom stereocenters. The fraction of sp³-hybridized carbons (Fsp3) is 0.538. The predicted molar refractivity (Wildman–Crippen MR) is 60.5 cm³/mol. The molecule has 1 heterocycles. The van der Waals surface area contributed by atoms with Crippen molar-refractivity contribution in [3.05, 3.63) is 35.6 Å². The highest BCUT2D eigenvalue weighted by Gasteiger charge is 2.52. The Morgan fingerprint density at radius 2 is 1.88 bits per heavy atom. The smallest absolute Gasteiger partial charge is 0.126 e. The summed E-state index contributed by atoms with van der Waals surface area (Å²) in [6.07, 6.45) is 0. The van der Waals surface area contributed by atoms with Gasteiger partial charge < -0.3 is 5.32 Å². The standard InChI is InChI=1S/C7H7F.C6H10FN/c1-6-4-2-3-5-7(6)8;7-1-4-5-2-8-3-6(4)5/h2-5H,1H3;4-6,8H,1-3H2. The lowest BCUT2D eigenvalue weighted by Crippen LogP contribution is -2.15. The molecule has 1 N–H and O–H groups in total. The quantitative estimate of drug-likeness (QED) is 0.774. The Morgan fingerprint density at radius 1 is 1.25 bits per heavy atom. The Kier molecular flexibility index (Phi) is 3.54. The lowest BCUT2D eigenvalue weighted by Gasteiger charge is -1.96. The number of aryl methyl sites for hydroxylation is 1. The maximum atomic E-state index is 12.3. The molecule has 0 bridgehead atoms. The molecule has 3 rings (SSSR count). The minimum Gasteiger partial charge on any atom is -0.316 e. The Hall–Kier alpha value is -0.960. The molecule has 1 nitrogen and oxygen atoms in total. The minimum atomic E-state index is -0.132. The molecular formula is C13H17F2N. The van der Waals surface area contributed by atoms with Gasteiger partial charge in [-0.3, -0.25) is 4.39 Å². The summed E-state index contributed by atoms with van der Waals surface area (Å²) in [4.78, 5) is 0. The summed E-state index contributed by atoms with van der Waals surface area (Å²) in [5, 5.41) is 3.22. The van der Waals surface area contributed by atoms with Crippen molar-refractivity contribution in [3.8, 4) is 0 Å². The third-order valence-corrected chi connectivity index (χ3v) is 3.52. The molecule has 0 aromatic heterocycles. The van der Waals surface area contributed by atoms with Crippen LogP contribution in [0.3, 0.4) is 0 Å². The van der Waals surface area contributed by atoms with Crippen molar-refractivity contribution in [3.63, 3.8) is 0 Å². The normalized spacial score (nSPS) is 30.3. The molecule has 0 spiro atoms. The van der Waals surface area contributed by atoms with Crippen molar-refractivity contribution in [2.24, 2.45) is 17.8 Å². The van der Waals surface area contributed by atoms with Gasteiger partial charge in [-0.1, -0.05) is 18.2 Å². The Morgan fingerprint density at radius 3 is 2.25 bits per heavy atom. The lowest BCUT2D eigenvalue weighted by atomic mass is 10.2. The van der Waals surface area contributed by atoms with Crippen molar-refractivity contribution >= 4 is 0 Å². The maximum Gasteiger partial charge on any atom is 0.126 e. The van der Waals surface area contributed by atoms with Gasteiger partial charge in [-0.05, 0) is 49.4 Å². The molecule has 1 aromatic rings. The van der Waals surface area contributed by atoms with Crippen LogP contribution in [-0.2, 0) is 0 Å². The van der Waals surface area contributed by atoms with Crippen LogP contribution in [0.4, 0.5) is 8.78 Å². The Bertz CT molecular complexity index is 316. The van der Waals surface area contributed by atoms with E-state index in [1.165, 1.54) is 6.07 Å². The van der Waals surface area contributed by atoms with E-state index >= 15 is 0 Å². The van der Waals surface area contributed by atoms with Gasteiger partial charge in [0.05, 0.1) is 6.67 Å². The molecule has 0 radical (unpaired) electrons. The molecule has 2 aliphatic rings. The zero-order chi connectivity index (χ0) is 11.5. The zero-order valence-electron chi connectivity index (χ0n) is 9.42. The number of fused-ring (bicyclic) bond motifs is 1. The molecule has 1 aliphatic heterocycles. The molecular weight excluding hydrogens is 208 g/mol. The van der Waals surface area contributed by atoms with Gasteiger partial charge in [0.15, 0.2) is 0 Å². The van der Waals surface area contributed by atoms with Crippen molar-refractivity contribution in [2.45, 2.75) is 6.92 Å². The van der Waals surface area contributed by atoms with Crippen molar-refractivity contribution in [1.82, 2.24) is 5.32 Å². The average molecular weight is 225 g/mol. The van der Waals surface area contributed by atoms with Crippen LogP contribution in [0.15, 0.2) is 24.3 Å². The molecule has 3 heteroatoms. The highest BCUT2D eigenvalue weighted by Crippen LogP contribution is 2.48. The van der Waals surface area contributed by atoms with E-state index in [0.717, 1.165) is 13.1 Å². The summed E-state index contributed by atoms with van der Waals surface area (Å²) in [5.41, 5.74) is 0.701. The Labute approximate surface area is 94.9 Å². The van der Waals surface area contributed by atoms with Crippen molar-refractivity contribution in [2.75, 3.05) is 19.8 Å². The van der Waals surface area contributed by atoms with Gasteiger partial charge in [0.25, 0.3) is 0 Å². The van der Waals surface area contributed by atoms with Crippen LogP contribution in [-0.4, -0.2) is 19.8 Å². The Balaban J connectivity index is 0.000000120. The molecule has 1 saturated heterocycles. The second kappa shape index (κ2) is 4.91. The molecule has 1 aromatic carbocycles. The van der Waals surface area contributed by atoms with E-state index in [4.69, 9.17) is 0 Å². The van der Waals surface area contributed by atoms with Crippen molar-refractivity contribution < 1.29 is 8.78 Å². The number of halogens is 2. The number of nitrogens with one attached hydrogen (secondary N) is 1. The fourth-order valence-electron chi connectivity index (χ4n) is 2.33. The van der Waals surface area contributed by atoms with Gasteiger partial charge in [0.1, 0.15) is 5.82 Å². The van der Waals surface area contributed by atoms with E-state index in [-0.39, 0.29) is 12.5 Å². The first kappa shape index (κ1) is 11.5. The van der Waals surface area contributed by atoms with Gasteiger partial charge >= 0.3 is 0 Å². The summed E-state index contributed by atoms with van der Waals surface area (Å²) in [6.45, 7) is 3.80.